The Kier molecular flexibility index (Phi) is 15.4. The number of carbonyl (C=O) groups excluding carboxylic acids is 1. The third-order valence-electron chi connectivity index (χ3n) is 14.7. The Labute approximate surface area is 508 Å². The van der Waals surface area contributed by atoms with Crippen LogP contribution in [0.3, 0.4) is 0 Å². The molecule has 3 aliphatic rings. The molecule has 1 saturated heterocycles. The molecule has 7 aromatic carbocycles. The number of hydrogen-bond acceptors (Lipinski definition) is 7. The van der Waals surface area contributed by atoms with Crippen molar-refractivity contribution in [3.05, 3.63) is 262 Å². The van der Waals surface area contributed by atoms with Gasteiger partial charge in [-0.3, -0.25) is 14.5 Å². The van der Waals surface area contributed by atoms with Gasteiger partial charge in [-0.1, -0.05) is 217 Å². The number of aromatic nitrogens is 4. The van der Waals surface area contributed by atoms with Crippen molar-refractivity contribution >= 4 is 110 Å². The quantitative estimate of drug-likeness (QED) is 0.0614. The smallest absolute Gasteiger partial charge is 0.656 e. The summed E-state index contributed by atoms with van der Waals surface area (Å²) in [6.45, 7) is 3.72. The maximum absolute atomic E-state index is 13.0. The number of aryl methyl sites for hydroxylation is 2. The van der Waals surface area contributed by atoms with E-state index in [9.17, 15) is 14.7 Å². The Balaban J connectivity index is 0.00000694. The minimum atomic E-state index is -1.13. The van der Waals surface area contributed by atoms with Crippen molar-refractivity contribution in [2.75, 3.05) is 11.4 Å². The van der Waals surface area contributed by atoms with Gasteiger partial charge in [-0.2, -0.15) is 0 Å². The summed E-state index contributed by atoms with van der Waals surface area (Å²) in [5.41, 5.74) is 20.8. The van der Waals surface area contributed by atoms with Gasteiger partial charge in [-0.05, 0) is 131 Å². The van der Waals surface area contributed by atoms with E-state index in [1.165, 1.54) is 11.1 Å². The van der Waals surface area contributed by atoms with Crippen molar-refractivity contribution < 1.29 is 34.2 Å². The molecule has 6 heterocycles. The summed E-state index contributed by atoms with van der Waals surface area (Å²) < 4.78 is 0.211. The van der Waals surface area contributed by atoms with Crippen LogP contribution in [0.25, 0.3) is 97.0 Å². The zero-order valence-electron chi connectivity index (χ0n) is 45.7. The standard InChI is InChI=1S/C72H50N6O3S2.Zn/c1-45-13-22-49(23-14-45)51-26-30-55(31-27-51)78(56-32-28-52(29-33-56)50-24-15-46(2)16-25-50)70-64-41-39-62(75-64)68(53-9-5-3-6-10-53)60-37-35-58(73-60)57(59-36-38-61(74-59)69(54-11-7-4-8-12-54)63-40-42-65(70)76-63)34-21-47-17-19-48(20-18-47)43-66-71(81)77(44-67(79)80)72(82)83-66;/h3-20,22-33,35-43H,44H2,1-2H3,(H3,73,74,75,76,79,80,81);/q;+2/p-2. The van der Waals surface area contributed by atoms with E-state index in [2.05, 4.69) is 176 Å². The van der Waals surface area contributed by atoms with E-state index in [0.717, 1.165) is 112 Å². The van der Waals surface area contributed by atoms with Crippen molar-refractivity contribution in [3.63, 3.8) is 0 Å². The number of carboxylic acids is 1. The zero-order chi connectivity index (χ0) is 56.6. The van der Waals surface area contributed by atoms with E-state index in [1.807, 2.05) is 84.9 Å². The van der Waals surface area contributed by atoms with Crippen molar-refractivity contribution in [1.29, 1.82) is 0 Å². The topological polar surface area (TPSA) is 115 Å². The van der Waals surface area contributed by atoms with Crippen LogP contribution < -0.4 is 14.9 Å². The maximum atomic E-state index is 13.0. The number of fused-ring (bicyclic) bond motifs is 8. The Morgan fingerprint density at radius 2 is 1.00 bits per heavy atom. The largest absolute Gasteiger partial charge is 2.00 e. The first-order chi connectivity index (χ1) is 40.6. The molecule has 84 heavy (non-hydrogen) atoms. The number of anilines is 3. The number of amides is 1. The molecule has 12 heteroatoms. The van der Waals surface area contributed by atoms with E-state index in [-0.39, 0.29) is 23.8 Å². The number of thioether (sulfide) groups is 1. The number of nitrogens with zero attached hydrogens (tertiary/aromatic N) is 6. The Morgan fingerprint density at radius 3 is 1.52 bits per heavy atom. The molecule has 13 rings (SSSR count). The number of rotatable bonds is 10. The first-order valence-corrected chi connectivity index (χ1v) is 28.2. The number of thiocarbonyl (C=S) groups is 1. The van der Waals surface area contributed by atoms with Gasteiger partial charge < -0.3 is 20.0 Å². The van der Waals surface area contributed by atoms with Crippen molar-refractivity contribution in [1.82, 2.24) is 24.8 Å². The number of benzene rings is 7. The van der Waals surface area contributed by atoms with Gasteiger partial charge >= 0.3 is 25.4 Å². The molecule has 0 spiro atoms. The predicted molar refractivity (Wildman–Crippen MR) is 343 cm³/mol. The molecule has 0 atom stereocenters. The van der Waals surface area contributed by atoms with Crippen molar-refractivity contribution in [2.45, 2.75) is 13.8 Å². The Morgan fingerprint density at radius 1 is 0.548 bits per heavy atom. The molecule has 0 aliphatic carbocycles. The molecule has 0 saturated carbocycles. The summed E-state index contributed by atoms with van der Waals surface area (Å²) in [6.07, 6.45) is 9.89. The molecule has 1 amide bonds. The van der Waals surface area contributed by atoms with Crippen LogP contribution in [0.15, 0.2) is 211 Å². The predicted octanol–water partition coefficient (Wildman–Crippen LogP) is 16.4. The SMILES string of the molecule is Cc1ccc(-c2ccc(N(c3ccc(-c4ccc(C)cc4)cc3)c3c4nc(c(-c5ccccc5)c5ccc([n-]5)c(C#Cc5ccc(C=C6SC(=S)N(CC(=O)O)C6=O)cc5)c5nc(c(-c6ccccc6)c6ccc3[n-]6)C=C5)C=C4)cc2)cc1.[Zn+2]. The molecule has 3 aliphatic heterocycles. The summed E-state index contributed by atoms with van der Waals surface area (Å²) in [5, 5.41) is 9.32. The van der Waals surface area contributed by atoms with Gasteiger partial charge in [-0.15, -0.1) is 22.1 Å². The second-order valence-corrected chi connectivity index (χ2v) is 21.9. The molecule has 8 bridgehead atoms. The summed E-state index contributed by atoms with van der Waals surface area (Å²) in [5.74, 6) is 5.30. The van der Waals surface area contributed by atoms with Crippen LogP contribution in [0.5, 0.6) is 0 Å². The second-order valence-electron chi connectivity index (χ2n) is 20.3. The Hall–Kier alpha value is -9.76. The molecule has 9 nitrogen and oxygen atoms in total. The van der Waals surface area contributed by atoms with E-state index in [1.54, 1.807) is 6.08 Å². The summed E-state index contributed by atoms with van der Waals surface area (Å²) >= 11 is 6.40. The molecule has 1 N–H and O–H groups in total. The zero-order valence-corrected chi connectivity index (χ0v) is 50.3. The molecular weight excluding hydrogens is 1130 g/mol. The van der Waals surface area contributed by atoms with Gasteiger partial charge in [0.25, 0.3) is 5.91 Å². The first-order valence-electron chi connectivity index (χ1n) is 27.0. The molecule has 10 aromatic rings. The van der Waals surface area contributed by atoms with Crippen molar-refractivity contribution in [2.24, 2.45) is 0 Å². The van der Waals surface area contributed by atoms with Crippen LogP contribution in [-0.4, -0.2) is 42.7 Å². The fourth-order valence-corrected chi connectivity index (χ4v) is 11.7. The number of carbonyl (C=O) groups is 2. The number of hydrogen-bond donors (Lipinski definition) is 1. The van der Waals surface area contributed by atoms with Crippen LogP contribution in [0, 0.1) is 25.7 Å². The number of carboxylic acid groups (broad SMARTS) is 1. The van der Waals surface area contributed by atoms with Crippen LogP contribution in [0.4, 0.5) is 17.1 Å². The minimum Gasteiger partial charge on any atom is -0.656 e. The van der Waals surface area contributed by atoms with Crippen LogP contribution in [0.1, 0.15) is 50.6 Å². The van der Waals surface area contributed by atoms with Gasteiger partial charge in [0.05, 0.1) is 33.4 Å². The van der Waals surface area contributed by atoms with E-state index < -0.39 is 18.4 Å². The molecule has 3 aromatic heterocycles. The molecular formula is C72H48N6O3S2Zn. The van der Waals surface area contributed by atoms with Gasteiger partial charge in [0.15, 0.2) is 0 Å². The maximum Gasteiger partial charge on any atom is 2.00 e. The molecule has 0 radical (unpaired) electrons. The summed E-state index contributed by atoms with van der Waals surface area (Å²) in [6, 6.07) is 70.8. The molecule has 1 fully saturated rings. The van der Waals surface area contributed by atoms with Gasteiger partial charge in [0.2, 0.25) is 0 Å². The normalized spacial score (nSPS) is 13.0. The third kappa shape index (κ3) is 11.2. The second kappa shape index (κ2) is 23.6. The minimum absolute atomic E-state index is 0. The van der Waals surface area contributed by atoms with Crippen LogP contribution >= 0.6 is 24.0 Å². The fourth-order valence-electron chi connectivity index (χ4n) is 10.5. The monoisotopic (exact) mass is 1170 g/mol. The van der Waals surface area contributed by atoms with Crippen LogP contribution in [-0.2, 0) is 29.1 Å². The number of aliphatic carboxylic acids is 1. The van der Waals surface area contributed by atoms with E-state index >= 15 is 0 Å². The first kappa shape index (κ1) is 54.8. The molecule has 398 valence electrons. The Bertz CT molecular complexity index is 4430. The average Bonchev–Trinajstić information content (AvgIpc) is 3.32. The fraction of sp³-hybridized carbons (Fsp3) is 0.0417. The van der Waals surface area contributed by atoms with Gasteiger partial charge in [-0.25, -0.2) is 9.97 Å². The van der Waals surface area contributed by atoms with E-state index in [4.69, 9.17) is 32.2 Å². The average molecular weight is 1170 g/mol. The van der Waals surface area contributed by atoms with Crippen molar-refractivity contribution in [3.8, 4) is 56.3 Å². The summed E-state index contributed by atoms with van der Waals surface area (Å²) in [7, 11) is 0. The van der Waals surface area contributed by atoms with Gasteiger partial charge in [0.1, 0.15) is 10.9 Å². The van der Waals surface area contributed by atoms with Gasteiger partial charge in [0, 0.05) is 22.5 Å². The van der Waals surface area contributed by atoms with Crippen LogP contribution in [0.2, 0.25) is 0 Å². The third-order valence-corrected chi connectivity index (χ3v) is 16.0. The molecule has 0 unspecified atom stereocenters. The van der Waals surface area contributed by atoms with E-state index in [0.29, 0.717) is 32.9 Å². The summed E-state index contributed by atoms with van der Waals surface area (Å²) in [4.78, 5) is 50.2.